The molecule has 1 aromatic heterocycles. The highest BCUT2D eigenvalue weighted by Crippen LogP contribution is 2.38. The third kappa shape index (κ3) is 5.06. The Balaban J connectivity index is 1.28. The Morgan fingerprint density at radius 2 is 1.82 bits per heavy atom. The van der Waals surface area contributed by atoms with Crippen molar-refractivity contribution in [2.45, 2.75) is 50.9 Å². The smallest absolute Gasteiger partial charge is 0.231 e. The number of carbonyl (C=O) groups excluding carboxylic acids is 1. The van der Waals surface area contributed by atoms with Gasteiger partial charge in [0.05, 0.1) is 6.42 Å². The van der Waals surface area contributed by atoms with Crippen molar-refractivity contribution in [3.63, 3.8) is 0 Å². The summed E-state index contributed by atoms with van der Waals surface area (Å²) in [5, 5.41) is 7.11. The van der Waals surface area contributed by atoms with Crippen molar-refractivity contribution < 1.29 is 9.32 Å². The minimum Gasteiger partial charge on any atom is -0.339 e. The molecule has 1 saturated carbocycles. The van der Waals surface area contributed by atoms with Gasteiger partial charge >= 0.3 is 0 Å². The normalized spacial score (nSPS) is 13.4. The lowest BCUT2D eigenvalue weighted by Gasteiger charge is -2.10. The molecule has 0 spiro atoms. The number of hydrogen-bond donors (Lipinski definition) is 1. The third-order valence-electron chi connectivity index (χ3n) is 5.02. The Hall–Kier alpha value is -2.95. The standard InChI is InChI=1S/C23H25N3O2/c27-21(13-7-4-10-17-8-2-1-3-9-17)24-20-12-6-5-11-19(20)16-22-25-23(26-28-22)18-14-15-18/h1-3,5-6,8-9,11-12,18H,4,7,10,13-16H2,(H,24,27). The van der Waals surface area contributed by atoms with Crippen LogP contribution in [-0.4, -0.2) is 16.0 Å². The van der Waals surface area contributed by atoms with Crippen molar-refractivity contribution in [3.05, 3.63) is 77.4 Å². The summed E-state index contributed by atoms with van der Waals surface area (Å²) in [4.78, 5) is 16.9. The van der Waals surface area contributed by atoms with E-state index in [1.165, 1.54) is 5.56 Å². The van der Waals surface area contributed by atoms with Gasteiger partial charge in [0.1, 0.15) is 0 Å². The van der Waals surface area contributed by atoms with Gasteiger partial charge in [0, 0.05) is 18.0 Å². The first-order valence-corrected chi connectivity index (χ1v) is 10.0. The Morgan fingerprint density at radius 1 is 1.04 bits per heavy atom. The lowest BCUT2D eigenvalue weighted by atomic mass is 10.1. The largest absolute Gasteiger partial charge is 0.339 e. The van der Waals surface area contributed by atoms with Gasteiger partial charge in [-0.25, -0.2) is 0 Å². The fourth-order valence-electron chi connectivity index (χ4n) is 3.28. The molecule has 1 fully saturated rings. The van der Waals surface area contributed by atoms with E-state index in [-0.39, 0.29) is 5.91 Å². The summed E-state index contributed by atoms with van der Waals surface area (Å²) in [6, 6.07) is 18.2. The molecule has 1 aliphatic carbocycles. The van der Waals surface area contributed by atoms with Crippen LogP contribution in [0.3, 0.4) is 0 Å². The molecule has 5 nitrogen and oxygen atoms in total. The van der Waals surface area contributed by atoms with Crippen LogP contribution in [0.4, 0.5) is 5.69 Å². The second-order valence-electron chi connectivity index (χ2n) is 7.40. The number of carbonyl (C=O) groups is 1. The summed E-state index contributed by atoms with van der Waals surface area (Å²) in [5.74, 6) is 1.94. The van der Waals surface area contributed by atoms with Crippen molar-refractivity contribution in [1.29, 1.82) is 0 Å². The maximum Gasteiger partial charge on any atom is 0.231 e. The first-order chi connectivity index (χ1) is 13.8. The van der Waals surface area contributed by atoms with Gasteiger partial charge in [-0.05, 0) is 49.3 Å². The molecule has 0 saturated heterocycles. The fourth-order valence-corrected chi connectivity index (χ4v) is 3.28. The van der Waals surface area contributed by atoms with Crippen molar-refractivity contribution in [2.75, 3.05) is 5.32 Å². The maximum absolute atomic E-state index is 12.4. The minimum atomic E-state index is 0.0460. The first kappa shape index (κ1) is 18.4. The van der Waals surface area contributed by atoms with E-state index in [0.717, 1.165) is 49.2 Å². The topological polar surface area (TPSA) is 68.0 Å². The van der Waals surface area contributed by atoms with Crippen LogP contribution >= 0.6 is 0 Å². The van der Waals surface area contributed by atoms with Crippen molar-refractivity contribution in [1.82, 2.24) is 10.1 Å². The van der Waals surface area contributed by atoms with Crippen LogP contribution in [0.5, 0.6) is 0 Å². The minimum absolute atomic E-state index is 0.0460. The lowest BCUT2D eigenvalue weighted by molar-refractivity contribution is -0.116. The van der Waals surface area contributed by atoms with Gasteiger partial charge in [-0.1, -0.05) is 53.7 Å². The molecule has 4 rings (SSSR count). The number of unbranched alkanes of at least 4 members (excludes halogenated alkanes) is 1. The van der Waals surface area contributed by atoms with Gasteiger partial charge in [0.25, 0.3) is 0 Å². The van der Waals surface area contributed by atoms with Gasteiger partial charge in [-0.15, -0.1) is 0 Å². The van der Waals surface area contributed by atoms with Gasteiger partial charge in [-0.2, -0.15) is 4.98 Å². The molecule has 0 unspecified atom stereocenters. The van der Waals surface area contributed by atoms with Gasteiger partial charge in [-0.3, -0.25) is 4.79 Å². The lowest BCUT2D eigenvalue weighted by Crippen LogP contribution is -2.13. The molecule has 1 N–H and O–H groups in total. The Labute approximate surface area is 165 Å². The van der Waals surface area contributed by atoms with E-state index >= 15 is 0 Å². The molecular formula is C23H25N3O2. The Kier molecular flexibility index (Phi) is 5.80. The Bertz CT molecular complexity index is 916. The molecule has 1 aliphatic rings. The average molecular weight is 375 g/mol. The number of nitrogens with one attached hydrogen (secondary N) is 1. The van der Waals surface area contributed by atoms with Crippen LogP contribution < -0.4 is 5.32 Å². The monoisotopic (exact) mass is 375 g/mol. The van der Waals surface area contributed by atoms with Crippen LogP contribution in [0.25, 0.3) is 0 Å². The predicted molar refractivity (Wildman–Crippen MR) is 108 cm³/mol. The summed E-state index contributed by atoms with van der Waals surface area (Å²) in [7, 11) is 0. The summed E-state index contributed by atoms with van der Waals surface area (Å²) < 4.78 is 5.38. The molecule has 0 atom stereocenters. The van der Waals surface area contributed by atoms with Gasteiger partial charge in [0.15, 0.2) is 5.82 Å². The second kappa shape index (κ2) is 8.83. The van der Waals surface area contributed by atoms with Crippen LogP contribution in [0, 0.1) is 0 Å². The van der Waals surface area contributed by atoms with E-state index in [0.29, 0.717) is 24.7 Å². The molecule has 5 heteroatoms. The molecule has 0 aliphatic heterocycles. The van der Waals surface area contributed by atoms with E-state index < -0.39 is 0 Å². The molecule has 1 amide bonds. The number of rotatable bonds is 9. The molecule has 1 heterocycles. The summed E-state index contributed by atoms with van der Waals surface area (Å²) in [6.45, 7) is 0. The average Bonchev–Trinajstić information content (AvgIpc) is 3.47. The number of amides is 1. The summed E-state index contributed by atoms with van der Waals surface area (Å²) in [5.41, 5.74) is 3.13. The summed E-state index contributed by atoms with van der Waals surface area (Å²) in [6.07, 6.45) is 6.23. The second-order valence-corrected chi connectivity index (χ2v) is 7.40. The third-order valence-corrected chi connectivity index (χ3v) is 5.02. The zero-order chi connectivity index (χ0) is 19.2. The van der Waals surface area contributed by atoms with Gasteiger partial charge < -0.3 is 9.84 Å². The van der Waals surface area contributed by atoms with E-state index in [2.05, 4.69) is 39.7 Å². The van der Waals surface area contributed by atoms with E-state index in [4.69, 9.17) is 4.52 Å². The number of anilines is 1. The number of hydrogen-bond acceptors (Lipinski definition) is 4. The zero-order valence-electron chi connectivity index (χ0n) is 15.9. The Morgan fingerprint density at radius 3 is 2.64 bits per heavy atom. The molecule has 28 heavy (non-hydrogen) atoms. The number of aryl methyl sites for hydroxylation is 1. The number of para-hydroxylation sites is 1. The molecule has 0 radical (unpaired) electrons. The molecule has 3 aromatic rings. The highest BCUT2D eigenvalue weighted by molar-refractivity contribution is 5.91. The SMILES string of the molecule is O=C(CCCCc1ccccc1)Nc1ccccc1Cc1nc(C2CC2)no1. The van der Waals surface area contributed by atoms with Crippen LogP contribution in [-0.2, 0) is 17.6 Å². The fraction of sp³-hybridized carbons (Fsp3) is 0.348. The maximum atomic E-state index is 12.4. The summed E-state index contributed by atoms with van der Waals surface area (Å²) >= 11 is 0. The number of aromatic nitrogens is 2. The van der Waals surface area contributed by atoms with Crippen LogP contribution in [0.2, 0.25) is 0 Å². The van der Waals surface area contributed by atoms with E-state index in [1.54, 1.807) is 0 Å². The highest BCUT2D eigenvalue weighted by atomic mass is 16.5. The van der Waals surface area contributed by atoms with Crippen LogP contribution in [0.15, 0.2) is 59.1 Å². The van der Waals surface area contributed by atoms with Gasteiger partial charge in [0.2, 0.25) is 11.8 Å². The molecule has 2 aromatic carbocycles. The molecule has 0 bridgehead atoms. The van der Waals surface area contributed by atoms with Crippen molar-refractivity contribution >= 4 is 11.6 Å². The zero-order valence-corrected chi connectivity index (χ0v) is 15.9. The van der Waals surface area contributed by atoms with Crippen molar-refractivity contribution in [3.8, 4) is 0 Å². The molecular weight excluding hydrogens is 350 g/mol. The first-order valence-electron chi connectivity index (χ1n) is 10.0. The quantitative estimate of drug-likeness (QED) is 0.541. The highest BCUT2D eigenvalue weighted by Gasteiger charge is 2.28. The number of benzene rings is 2. The van der Waals surface area contributed by atoms with E-state index in [9.17, 15) is 4.79 Å². The number of nitrogens with zero attached hydrogens (tertiary/aromatic N) is 2. The predicted octanol–water partition coefficient (Wildman–Crippen LogP) is 4.89. The molecule has 144 valence electrons. The van der Waals surface area contributed by atoms with E-state index in [1.807, 2.05) is 30.3 Å². The van der Waals surface area contributed by atoms with Crippen molar-refractivity contribution in [2.24, 2.45) is 0 Å². The van der Waals surface area contributed by atoms with Crippen LogP contribution in [0.1, 0.15) is 60.9 Å².